The minimum Gasteiger partial charge on any atom is -0.493 e. The Hall–Kier alpha value is -1.76. The molecule has 0 fully saturated rings. The fourth-order valence-electron chi connectivity index (χ4n) is 2.45. The normalized spacial score (nSPS) is 10.8. The minimum absolute atomic E-state index is 0.0555. The van der Waals surface area contributed by atoms with Gasteiger partial charge in [-0.15, -0.1) is 11.3 Å². The lowest BCUT2D eigenvalue weighted by atomic mass is 10.2. The molecule has 0 aliphatic rings. The van der Waals surface area contributed by atoms with Crippen LogP contribution in [0, 0.1) is 0 Å². The van der Waals surface area contributed by atoms with Crippen molar-refractivity contribution in [1.82, 2.24) is 9.80 Å². The fraction of sp³-hybridized carbons (Fsp3) is 0.389. The van der Waals surface area contributed by atoms with E-state index in [9.17, 15) is 4.79 Å². The molecular weight excluding hydrogens is 360 g/mol. The summed E-state index contributed by atoms with van der Waals surface area (Å²) in [4.78, 5) is 17.3. The summed E-state index contributed by atoms with van der Waals surface area (Å²) < 4.78 is 11.3. The van der Waals surface area contributed by atoms with E-state index in [1.54, 1.807) is 26.2 Å². The zero-order chi connectivity index (χ0) is 18.4. The van der Waals surface area contributed by atoms with Gasteiger partial charge in [-0.3, -0.25) is 9.69 Å². The van der Waals surface area contributed by atoms with Crippen LogP contribution in [0.5, 0.6) is 11.5 Å². The molecule has 0 atom stereocenters. The van der Waals surface area contributed by atoms with Crippen LogP contribution in [-0.4, -0.2) is 50.6 Å². The summed E-state index contributed by atoms with van der Waals surface area (Å²) in [5.41, 5.74) is 0.987. The van der Waals surface area contributed by atoms with Gasteiger partial charge in [0.15, 0.2) is 11.5 Å². The molecule has 7 heteroatoms. The highest BCUT2D eigenvalue weighted by Crippen LogP contribution is 2.28. The number of nitrogens with zero attached hydrogens (tertiary/aromatic N) is 2. The lowest BCUT2D eigenvalue weighted by molar-refractivity contribution is -0.131. The maximum Gasteiger partial charge on any atom is 0.236 e. The summed E-state index contributed by atoms with van der Waals surface area (Å²) in [5, 5.41) is 0. The minimum atomic E-state index is 0.0555. The Morgan fingerprint density at radius 2 is 1.80 bits per heavy atom. The number of rotatable bonds is 8. The van der Waals surface area contributed by atoms with Gasteiger partial charge in [0.25, 0.3) is 0 Å². The smallest absolute Gasteiger partial charge is 0.236 e. The number of thiophene rings is 1. The van der Waals surface area contributed by atoms with Crippen LogP contribution in [0.3, 0.4) is 0 Å². The van der Waals surface area contributed by atoms with Crippen molar-refractivity contribution in [2.45, 2.75) is 13.1 Å². The molecule has 0 spiro atoms. The molecule has 1 heterocycles. The van der Waals surface area contributed by atoms with Crippen molar-refractivity contribution in [3.63, 3.8) is 0 Å². The van der Waals surface area contributed by atoms with E-state index in [-0.39, 0.29) is 5.91 Å². The number of hydrogen-bond acceptors (Lipinski definition) is 5. The molecule has 1 amide bonds. The summed E-state index contributed by atoms with van der Waals surface area (Å²) in [6.07, 6.45) is 0. The van der Waals surface area contributed by atoms with Gasteiger partial charge in [-0.25, -0.2) is 0 Å². The van der Waals surface area contributed by atoms with Gasteiger partial charge < -0.3 is 14.4 Å². The Morgan fingerprint density at radius 3 is 2.40 bits per heavy atom. The van der Waals surface area contributed by atoms with Crippen LogP contribution < -0.4 is 9.47 Å². The Balaban J connectivity index is 1.91. The number of carbonyl (C=O) groups is 1. The Labute approximate surface area is 157 Å². The summed E-state index contributed by atoms with van der Waals surface area (Å²) in [5.74, 6) is 1.39. The Kier molecular flexibility index (Phi) is 7.11. The van der Waals surface area contributed by atoms with Gasteiger partial charge in [0, 0.05) is 25.0 Å². The molecule has 1 aromatic heterocycles. The largest absolute Gasteiger partial charge is 0.493 e. The number of halogens is 1. The molecule has 5 nitrogen and oxygen atoms in total. The first-order chi connectivity index (χ1) is 11.9. The summed E-state index contributed by atoms with van der Waals surface area (Å²) in [6.45, 7) is 1.56. The van der Waals surface area contributed by atoms with E-state index >= 15 is 0 Å². The third kappa shape index (κ3) is 5.63. The number of likely N-dealkylation sites (N-methyl/N-ethyl adjacent to an activating group) is 2. The van der Waals surface area contributed by atoms with Crippen molar-refractivity contribution >= 4 is 28.8 Å². The average Bonchev–Trinajstić information content (AvgIpc) is 2.99. The van der Waals surface area contributed by atoms with Gasteiger partial charge in [-0.2, -0.15) is 0 Å². The van der Waals surface area contributed by atoms with Gasteiger partial charge in [0.05, 0.1) is 25.1 Å². The Bertz CT molecular complexity index is 720. The molecule has 0 saturated heterocycles. The lowest BCUT2D eigenvalue weighted by Crippen LogP contribution is -2.35. The molecule has 0 unspecified atom stereocenters. The predicted octanol–water partition coefficient (Wildman–Crippen LogP) is 3.51. The number of amides is 1. The van der Waals surface area contributed by atoms with Crippen LogP contribution in [0.1, 0.15) is 10.4 Å². The van der Waals surface area contributed by atoms with E-state index in [1.165, 1.54) is 11.3 Å². The molecule has 0 aliphatic carbocycles. The average molecular weight is 383 g/mol. The van der Waals surface area contributed by atoms with Crippen LogP contribution in [0.25, 0.3) is 0 Å². The third-order valence-corrected chi connectivity index (χ3v) is 4.97. The van der Waals surface area contributed by atoms with E-state index in [4.69, 9.17) is 21.1 Å². The van der Waals surface area contributed by atoms with Crippen molar-refractivity contribution < 1.29 is 14.3 Å². The molecular formula is C18H23ClN2O3S. The predicted molar refractivity (Wildman–Crippen MR) is 102 cm³/mol. The van der Waals surface area contributed by atoms with E-state index in [0.29, 0.717) is 31.1 Å². The molecule has 1 aromatic carbocycles. The van der Waals surface area contributed by atoms with E-state index < -0.39 is 0 Å². The SMILES string of the molecule is COc1ccc(CN(C)C(=O)CN(C)Cc2ccc(Cl)s2)cc1OC. The van der Waals surface area contributed by atoms with Crippen LogP contribution in [0.2, 0.25) is 4.34 Å². The molecule has 136 valence electrons. The van der Waals surface area contributed by atoms with Gasteiger partial charge >= 0.3 is 0 Å². The number of methoxy groups -OCH3 is 2. The molecule has 0 bridgehead atoms. The second-order valence-electron chi connectivity index (χ2n) is 5.82. The Morgan fingerprint density at radius 1 is 1.08 bits per heavy atom. The molecule has 25 heavy (non-hydrogen) atoms. The lowest BCUT2D eigenvalue weighted by Gasteiger charge is -2.22. The molecule has 0 aliphatic heterocycles. The number of ether oxygens (including phenoxy) is 2. The molecule has 0 saturated carbocycles. The highest BCUT2D eigenvalue weighted by Gasteiger charge is 2.14. The maximum atomic E-state index is 12.4. The summed E-state index contributed by atoms with van der Waals surface area (Å²) >= 11 is 7.48. The van der Waals surface area contributed by atoms with Crippen molar-refractivity contribution in [2.75, 3.05) is 34.9 Å². The van der Waals surface area contributed by atoms with Gasteiger partial charge in [-0.05, 0) is 36.9 Å². The standard InChI is InChI=1S/C18H23ClN2O3S/c1-20(11-14-6-8-17(19)25-14)12-18(22)21(2)10-13-5-7-15(23-3)16(9-13)24-4/h5-9H,10-12H2,1-4H3. The number of carbonyl (C=O) groups excluding carboxylic acids is 1. The fourth-order valence-corrected chi connectivity index (χ4v) is 3.62. The number of hydrogen-bond donors (Lipinski definition) is 0. The third-order valence-electron chi connectivity index (χ3n) is 3.75. The first kappa shape index (κ1) is 19.6. The molecule has 2 aromatic rings. The zero-order valence-electron chi connectivity index (χ0n) is 14.9. The van der Waals surface area contributed by atoms with Crippen molar-refractivity contribution in [3.8, 4) is 11.5 Å². The van der Waals surface area contributed by atoms with Crippen molar-refractivity contribution in [3.05, 3.63) is 45.1 Å². The summed E-state index contributed by atoms with van der Waals surface area (Å²) in [6, 6.07) is 9.53. The summed E-state index contributed by atoms with van der Waals surface area (Å²) in [7, 11) is 6.93. The molecule has 2 rings (SSSR count). The second kappa shape index (κ2) is 9.08. The van der Waals surface area contributed by atoms with Crippen molar-refractivity contribution in [2.24, 2.45) is 0 Å². The topological polar surface area (TPSA) is 42.0 Å². The van der Waals surface area contributed by atoms with Gasteiger partial charge in [-0.1, -0.05) is 17.7 Å². The van der Waals surface area contributed by atoms with Crippen LogP contribution in [0.4, 0.5) is 0 Å². The van der Waals surface area contributed by atoms with Crippen LogP contribution in [-0.2, 0) is 17.9 Å². The van der Waals surface area contributed by atoms with Crippen LogP contribution >= 0.6 is 22.9 Å². The van der Waals surface area contributed by atoms with Gasteiger partial charge in [0.2, 0.25) is 5.91 Å². The zero-order valence-corrected chi connectivity index (χ0v) is 16.5. The van der Waals surface area contributed by atoms with Crippen molar-refractivity contribution in [1.29, 1.82) is 0 Å². The first-order valence-corrected chi connectivity index (χ1v) is 9.00. The van der Waals surface area contributed by atoms with E-state index in [1.807, 2.05) is 42.3 Å². The highest BCUT2D eigenvalue weighted by molar-refractivity contribution is 7.16. The van der Waals surface area contributed by atoms with Gasteiger partial charge in [0.1, 0.15) is 0 Å². The van der Waals surface area contributed by atoms with Crippen LogP contribution in [0.15, 0.2) is 30.3 Å². The first-order valence-electron chi connectivity index (χ1n) is 7.80. The highest BCUT2D eigenvalue weighted by atomic mass is 35.5. The van der Waals surface area contributed by atoms with E-state index in [2.05, 4.69) is 0 Å². The molecule has 0 radical (unpaired) electrons. The molecule has 0 N–H and O–H groups in total. The quantitative estimate of drug-likeness (QED) is 0.700. The van der Waals surface area contributed by atoms with E-state index in [0.717, 1.165) is 14.8 Å². The maximum absolute atomic E-state index is 12.4. The monoisotopic (exact) mass is 382 g/mol. The second-order valence-corrected chi connectivity index (χ2v) is 7.62. The number of benzene rings is 1.